The first-order valence-corrected chi connectivity index (χ1v) is 5.31. The number of benzene rings is 1. The average molecular weight is 238 g/mol. The number of hydrogen-bond donors (Lipinski definition) is 0. The number of halogens is 1. The fourth-order valence-electron chi connectivity index (χ4n) is 1.68. The van der Waals surface area contributed by atoms with Gasteiger partial charge in [0.1, 0.15) is 0 Å². The zero-order valence-electron chi connectivity index (χ0n) is 9.16. The van der Waals surface area contributed by atoms with Crippen molar-refractivity contribution in [2.24, 2.45) is 0 Å². The Kier molecular flexibility index (Phi) is 2.88. The van der Waals surface area contributed by atoms with Crippen molar-refractivity contribution in [3.63, 3.8) is 0 Å². The summed E-state index contributed by atoms with van der Waals surface area (Å²) >= 11 is 5.91. The number of carbonyl (C=O) groups excluding carboxylic acids is 1. The second kappa shape index (κ2) is 4.18. The van der Waals surface area contributed by atoms with E-state index in [2.05, 4.69) is 0 Å². The van der Waals surface area contributed by atoms with E-state index in [0.29, 0.717) is 16.5 Å². The molecule has 1 aliphatic heterocycles. The van der Waals surface area contributed by atoms with E-state index in [1.54, 1.807) is 17.0 Å². The van der Waals surface area contributed by atoms with Crippen molar-refractivity contribution < 1.29 is 9.53 Å². The van der Waals surface area contributed by atoms with Gasteiger partial charge >= 0.3 is 0 Å². The van der Waals surface area contributed by atoms with Gasteiger partial charge in [-0.2, -0.15) is 0 Å². The van der Waals surface area contributed by atoms with Gasteiger partial charge in [0.2, 0.25) is 11.7 Å². The summed E-state index contributed by atoms with van der Waals surface area (Å²) in [5.74, 6) is 0.596. The average Bonchev–Trinajstić information content (AvgIpc) is 2.60. The highest BCUT2D eigenvalue weighted by Gasteiger charge is 2.27. The SMILES string of the molecule is CN(C)C1=C(c2cccc(Cl)c2)C(=O)CO1. The van der Waals surface area contributed by atoms with Crippen LogP contribution in [0.25, 0.3) is 5.57 Å². The van der Waals surface area contributed by atoms with Gasteiger partial charge in [-0.25, -0.2) is 0 Å². The van der Waals surface area contributed by atoms with Crippen LogP contribution in [0.2, 0.25) is 5.02 Å². The van der Waals surface area contributed by atoms with E-state index in [0.717, 1.165) is 5.56 Å². The van der Waals surface area contributed by atoms with E-state index in [4.69, 9.17) is 16.3 Å². The van der Waals surface area contributed by atoms with Gasteiger partial charge in [-0.3, -0.25) is 4.79 Å². The molecule has 0 aliphatic carbocycles. The molecule has 0 saturated heterocycles. The molecule has 0 unspecified atom stereocenters. The molecule has 3 nitrogen and oxygen atoms in total. The summed E-state index contributed by atoms with van der Waals surface area (Å²) in [6, 6.07) is 7.23. The number of ketones is 1. The maximum absolute atomic E-state index is 11.7. The molecule has 0 atom stereocenters. The highest BCUT2D eigenvalue weighted by molar-refractivity contribution is 6.31. The summed E-state index contributed by atoms with van der Waals surface area (Å²) in [4.78, 5) is 13.5. The molecule has 1 aromatic carbocycles. The predicted octanol–water partition coefficient (Wildman–Crippen LogP) is 2.17. The van der Waals surface area contributed by atoms with Gasteiger partial charge in [0, 0.05) is 19.1 Å². The number of carbonyl (C=O) groups is 1. The molecule has 1 aliphatic rings. The lowest BCUT2D eigenvalue weighted by molar-refractivity contribution is -0.115. The Balaban J connectivity index is 2.52. The maximum Gasteiger partial charge on any atom is 0.206 e. The Hall–Kier alpha value is -1.48. The van der Waals surface area contributed by atoms with Crippen molar-refractivity contribution in [1.82, 2.24) is 4.90 Å². The van der Waals surface area contributed by atoms with Crippen molar-refractivity contribution in [2.75, 3.05) is 20.7 Å². The van der Waals surface area contributed by atoms with Crippen LogP contribution in [0.5, 0.6) is 0 Å². The monoisotopic (exact) mass is 237 g/mol. The minimum absolute atomic E-state index is 0.00836. The van der Waals surface area contributed by atoms with E-state index in [1.165, 1.54) is 0 Å². The highest BCUT2D eigenvalue weighted by atomic mass is 35.5. The molecule has 84 valence electrons. The van der Waals surface area contributed by atoms with Crippen molar-refractivity contribution >= 4 is 23.0 Å². The first kappa shape index (κ1) is 11.0. The number of nitrogens with zero attached hydrogens (tertiary/aromatic N) is 1. The highest BCUT2D eigenvalue weighted by Crippen LogP contribution is 2.28. The molecule has 0 radical (unpaired) electrons. The zero-order chi connectivity index (χ0) is 11.7. The lowest BCUT2D eigenvalue weighted by atomic mass is 10.0. The Morgan fingerprint density at radius 3 is 2.75 bits per heavy atom. The van der Waals surface area contributed by atoms with E-state index in [-0.39, 0.29) is 12.4 Å². The van der Waals surface area contributed by atoms with Crippen LogP contribution in [-0.4, -0.2) is 31.4 Å². The molecule has 4 heteroatoms. The van der Waals surface area contributed by atoms with Gasteiger partial charge in [-0.15, -0.1) is 0 Å². The first-order chi connectivity index (χ1) is 7.59. The number of rotatable bonds is 2. The minimum atomic E-state index is -0.00836. The molecule has 0 spiro atoms. The Morgan fingerprint density at radius 2 is 2.12 bits per heavy atom. The van der Waals surface area contributed by atoms with Crippen molar-refractivity contribution in [2.45, 2.75) is 0 Å². The van der Waals surface area contributed by atoms with Crippen molar-refractivity contribution in [3.05, 3.63) is 40.7 Å². The fourth-order valence-corrected chi connectivity index (χ4v) is 1.87. The molecule has 0 fully saturated rings. The molecule has 0 saturated carbocycles. The van der Waals surface area contributed by atoms with E-state index in [9.17, 15) is 4.79 Å². The molecule has 0 amide bonds. The molecule has 1 heterocycles. The molecule has 0 aromatic heterocycles. The van der Waals surface area contributed by atoms with Crippen molar-refractivity contribution in [1.29, 1.82) is 0 Å². The fraction of sp³-hybridized carbons (Fsp3) is 0.250. The van der Waals surface area contributed by atoms with Crippen LogP contribution in [-0.2, 0) is 9.53 Å². The summed E-state index contributed by atoms with van der Waals surface area (Å²) in [5, 5.41) is 0.614. The second-order valence-electron chi connectivity index (χ2n) is 3.80. The normalized spacial score (nSPS) is 15.3. The molecule has 16 heavy (non-hydrogen) atoms. The van der Waals surface area contributed by atoms with Gasteiger partial charge in [-0.05, 0) is 17.7 Å². The number of hydrogen-bond acceptors (Lipinski definition) is 3. The van der Waals surface area contributed by atoms with Crippen LogP contribution in [0.1, 0.15) is 5.56 Å². The van der Waals surface area contributed by atoms with Gasteiger partial charge in [0.05, 0.1) is 5.57 Å². The van der Waals surface area contributed by atoms with E-state index >= 15 is 0 Å². The molecule has 1 aromatic rings. The topological polar surface area (TPSA) is 29.5 Å². The van der Waals surface area contributed by atoms with Gasteiger partial charge < -0.3 is 9.64 Å². The summed E-state index contributed by atoms with van der Waals surface area (Å²) in [6.07, 6.45) is 0. The summed E-state index contributed by atoms with van der Waals surface area (Å²) in [6.45, 7) is 0.107. The van der Waals surface area contributed by atoms with Crippen LogP contribution in [0.4, 0.5) is 0 Å². The predicted molar refractivity (Wildman–Crippen MR) is 63.0 cm³/mol. The van der Waals surface area contributed by atoms with Crippen LogP contribution in [0, 0.1) is 0 Å². The zero-order valence-corrected chi connectivity index (χ0v) is 9.91. The van der Waals surface area contributed by atoms with Gasteiger partial charge in [0.25, 0.3) is 0 Å². The number of ether oxygens (including phenoxy) is 1. The summed E-state index contributed by atoms with van der Waals surface area (Å²) < 4.78 is 5.35. The van der Waals surface area contributed by atoms with Crippen LogP contribution in [0.3, 0.4) is 0 Å². The van der Waals surface area contributed by atoms with Crippen LogP contribution < -0.4 is 0 Å². The summed E-state index contributed by atoms with van der Waals surface area (Å²) in [5.41, 5.74) is 1.41. The standard InChI is InChI=1S/C12H12ClNO2/c1-14(2)12-11(10(15)7-16-12)8-4-3-5-9(13)6-8/h3-6H,7H2,1-2H3. The Morgan fingerprint density at radius 1 is 1.38 bits per heavy atom. The third kappa shape index (κ3) is 1.91. The first-order valence-electron chi connectivity index (χ1n) is 4.93. The molecular formula is C12H12ClNO2. The van der Waals surface area contributed by atoms with Crippen molar-refractivity contribution in [3.8, 4) is 0 Å². The number of Topliss-reactive ketones (excluding diaryl/α,β-unsaturated/α-hetero) is 1. The quantitative estimate of drug-likeness (QED) is 0.790. The molecule has 0 bridgehead atoms. The van der Waals surface area contributed by atoms with E-state index in [1.807, 2.05) is 26.2 Å². The largest absolute Gasteiger partial charge is 0.470 e. The Labute approximate surface area is 99.3 Å². The third-order valence-corrected chi connectivity index (χ3v) is 2.59. The lowest BCUT2D eigenvalue weighted by Gasteiger charge is -2.14. The van der Waals surface area contributed by atoms with Gasteiger partial charge in [-0.1, -0.05) is 23.7 Å². The lowest BCUT2D eigenvalue weighted by Crippen LogP contribution is -2.12. The van der Waals surface area contributed by atoms with Crippen LogP contribution in [0.15, 0.2) is 30.1 Å². The smallest absolute Gasteiger partial charge is 0.206 e. The second-order valence-corrected chi connectivity index (χ2v) is 4.23. The summed E-state index contributed by atoms with van der Waals surface area (Å²) in [7, 11) is 3.69. The molecular weight excluding hydrogens is 226 g/mol. The maximum atomic E-state index is 11.7. The molecule has 0 N–H and O–H groups in total. The minimum Gasteiger partial charge on any atom is -0.470 e. The van der Waals surface area contributed by atoms with Gasteiger partial charge in [0.15, 0.2) is 6.61 Å². The van der Waals surface area contributed by atoms with E-state index < -0.39 is 0 Å². The molecule has 2 rings (SSSR count). The van der Waals surface area contributed by atoms with Crippen LogP contribution >= 0.6 is 11.6 Å². The Bertz CT molecular complexity index is 466. The third-order valence-electron chi connectivity index (χ3n) is 2.35.